The van der Waals surface area contributed by atoms with Crippen molar-refractivity contribution < 1.29 is 9.90 Å². The van der Waals surface area contributed by atoms with Gasteiger partial charge in [-0.2, -0.15) is 0 Å². The predicted molar refractivity (Wildman–Crippen MR) is 175 cm³/mol. The standard InChI is InChI=1S/C18H34O2.C17H38N2/c1-2-3-4-5-6-7-8-9-10-11-12-13-14-15-16-17-18(19)20;1-3-4-5-6-7-8-9-10-11-12-13-14-17(2)19-16-15-18/h9-10H,2-8,11-17H2,1H3,(H,19,20);17,19H,3-16,18H2,1-2H3. The van der Waals surface area contributed by atoms with Gasteiger partial charge in [0.25, 0.3) is 0 Å². The summed E-state index contributed by atoms with van der Waals surface area (Å²) in [4.78, 5) is 10.3. The molecule has 0 fully saturated rings. The average Bonchev–Trinajstić information content (AvgIpc) is 2.93. The molecular weight excluding hydrogens is 480 g/mol. The van der Waals surface area contributed by atoms with Crippen molar-refractivity contribution in [2.24, 2.45) is 5.73 Å². The van der Waals surface area contributed by atoms with Crippen LogP contribution in [0.3, 0.4) is 0 Å². The van der Waals surface area contributed by atoms with E-state index in [4.69, 9.17) is 10.8 Å². The number of rotatable bonds is 30. The van der Waals surface area contributed by atoms with Crippen molar-refractivity contribution in [1.82, 2.24) is 5.32 Å². The van der Waals surface area contributed by atoms with Gasteiger partial charge in [0.1, 0.15) is 0 Å². The fourth-order valence-corrected chi connectivity index (χ4v) is 4.89. The Bertz CT molecular complexity index is 481. The molecule has 0 rings (SSSR count). The molecule has 1 unspecified atom stereocenters. The number of nitrogens with two attached hydrogens (primary N) is 1. The van der Waals surface area contributed by atoms with Crippen LogP contribution in [0.1, 0.15) is 188 Å². The maximum Gasteiger partial charge on any atom is 0.303 e. The van der Waals surface area contributed by atoms with Crippen molar-refractivity contribution in [3.8, 4) is 0 Å². The third kappa shape index (κ3) is 41.7. The molecule has 0 heterocycles. The Kier molecular flexibility index (Phi) is 38.3. The third-order valence-corrected chi connectivity index (χ3v) is 7.53. The van der Waals surface area contributed by atoms with Crippen LogP contribution in [0, 0.1) is 0 Å². The highest BCUT2D eigenvalue weighted by Crippen LogP contribution is 2.13. The second-order valence-corrected chi connectivity index (χ2v) is 11.7. The summed E-state index contributed by atoms with van der Waals surface area (Å²) in [6, 6.07) is 0.641. The Morgan fingerprint density at radius 2 is 1.03 bits per heavy atom. The van der Waals surface area contributed by atoms with Crippen LogP contribution in [0.4, 0.5) is 0 Å². The first-order valence-electron chi connectivity index (χ1n) is 17.4. The summed E-state index contributed by atoms with van der Waals surface area (Å²) >= 11 is 0. The molecule has 0 amide bonds. The number of aliphatic carboxylic acids is 1. The van der Waals surface area contributed by atoms with Gasteiger partial charge in [0.05, 0.1) is 0 Å². The highest BCUT2D eigenvalue weighted by atomic mass is 16.4. The summed E-state index contributed by atoms with van der Waals surface area (Å²) in [5.74, 6) is -0.664. The normalized spacial score (nSPS) is 12.0. The maximum atomic E-state index is 10.3. The SMILES string of the molecule is CCCCCCCCC=CCCCCCCCC(=O)O.CCCCCCCCCCCCCC(C)NCCN. The Hall–Kier alpha value is -0.870. The number of nitrogens with one attached hydrogen (secondary N) is 1. The maximum absolute atomic E-state index is 10.3. The number of carboxylic acid groups (broad SMARTS) is 1. The zero-order chi connectivity index (χ0) is 29.1. The zero-order valence-corrected chi connectivity index (χ0v) is 27.0. The average molecular weight is 553 g/mol. The number of hydrogen-bond acceptors (Lipinski definition) is 3. The number of unbranched alkanes of at least 4 members (excludes halogenated alkanes) is 21. The molecule has 0 aromatic carbocycles. The Morgan fingerprint density at radius 3 is 1.44 bits per heavy atom. The number of allylic oxidation sites excluding steroid dienone is 2. The van der Waals surface area contributed by atoms with Crippen LogP contribution < -0.4 is 11.1 Å². The van der Waals surface area contributed by atoms with E-state index < -0.39 is 5.97 Å². The molecule has 1 atom stereocenters. The van der Waals surface area contributed by atoms with E-state index in [2.05, 4.69) is 38.2 Å². The first-order valence-corrected chi connectivity index (χ1v) is 17.4. The highest BCUT2D eigenvalue weighted by molar-refractivity contribution is 5.66. The monoisotopic (exact) mass is 553 g/mol. The fourth-order valence-electron chi connectivity index (χ4n) is 4.89. The minimum Gasteiger partial charge on any atom is -0.481 e. The van der Waals surface area contributed by atoms with Crippen LogP contribution in [0.15, 0.2) is 12.2 Å². The molecule has 0 aromatic rings. The van der Waals surface area contributed by atoms with Gasteiger partial charge in [0.2, 0.25) is 0 Å². The predicted octanol–water partition coefficient (Wildman–Crippen LogP) is 10.7. The lowest BCUT2D eigenvalue weighted by Crippen LogP contribution is -2.30. The van der Waals surface area contributed by atoms with Crippen LogP contribution in [-0.2, 0) is 4.79 Å². The zero-order valence-electron chi connectivity index (χ0n) is 27.0. The first-order chi connectivity index (χ1) is 19.1. The van der Waals surface area contributed by atoms with Crippen molar-refractivity contribution in [2.75, 3.05) is 13.1 Å². The second-order valence-electron chi connectivity index (χ2n) is 11.7. The molecule has 0 spiro atoms. The van der Waals surface area contributed by atoms with Crippen LogP contribution in [0.5, 0.6) is 0 Å². The van der Waals surface area contributed by atoms with E-state index >= 15 is 0 Å². The molecule has 0 aliphatic rings. The lowest BCUT2D eigenvalue weighted by Gasteiger charge is -2.12. The minimum atomic E-state index is -0.664. The second kappa shape index (κ2) is 37.1. The van der Waals surface area contributed by atoms with Crippen molar-refractivity contribution in [3.63, 3.8) is 0 Å². The molecule has 39 heavy (non-hydrogen) atoms. The summed E-state index contributed by atoms with van der Waals surface area (Å²) in [5, 5.41) is 12.0. The van der Waals surface area contributed by atoms with Gasteiger partial charge in [-0.15, -0.1) is 0 Å². The third-order valence-electron chi connectivity index (χ3n) is 7.53. The van der Waals surface area contributed by atoms with Gasteiger partial charge < -0.3 is 16.2 Å². The van der Waals surface area contributed by atoms with Gasteiger partial charge in [0.15, 0.2) is 0 Å². The molecule has 0 aromatic heterocycles. The van der Waals surface area contributed by atoms with E-state index in [1.807, 2.05) is 0 Å². The van der Waals surface area contributed by atoms with Crippen LogP contribution >= 0.6 is 0 Å². The van der Waals surface area contributed by atoms with Crippen molar-refractivity contribution in [3.05, 3.63) is 12.2 Å². The van der Waals surface area contributed by atoms with E-state index in [1.54, 1.807) is 0 Å². The number of carboxylic acids is 1. The lowest BCUT2D eigenvalue weighted by molar-refractivity contribution is -0.137. The molecule has 0 aliphatic carbocycles. The topological polar surface area (TPSA) is 75.3 Å². The van der Waals surface area contributed by atoms with Crippen molar-refractivity contribution in [1.29, 1.82) is 0 Å². The van der Waals surface area contributed by atoms with Gasteiger partial charge in [-0.3, -0.25) is 4.79 Å². The smallest absolute Gasteiger partial charge is 0.303 e. The summed E-state index contributed by atoms with van der Waals surface area (Å²) < 4.78 is 0. The molecule has 234 valence electrons. The molecule has 4 nitrogen and oxygen atoms in total. The van der Waals surface area contributed by atoms with Crippen LogP contribution in [-0.4, -0.2) is 30.2 Å². The van der Waals surface area contributed by atoms with E-state index in [9.17, 15) is 4.79 Å². The van der Waals surface area contributed by atoms with Gasteiger partial charge in [-0.05, 0) is 45.4 Å². The van der Waals surface area contributed by atoms with Gasteiger partial charge in [0, 0.05) is 25.6 Å². The number of hydrogen-bond donors (Lipinski definition) is 3. The molecule has 0 saturated heterocycles. The Labute approximate surface area is 245 Å². The Morgan fingerprint density at radius 1 is 0.641 bits per heavy atom. The molecule has 0 bridgehead atoms. The summed E-state index contributed by atoms with van der Waals surface area (Å²) in [6.45, 7) is 8.52. The van der Waals surface area contributed by atoms with Crippen LogP contribution in [0.2, 0.25) is 0 Å². The highest BCUT2D eigenvalue weighted by Gasteiger charge is 2.00. The molecule has 4 N–H and O–H groups in total. The van der Waals surface area contributed by atoms with Crippen molar-refractivity contribution in [2.45, 2.75) is 194 Å². The lowest BCUT2D eigenvalue weighted by atomic mass is 10.0. The van der Waals surface area contributed by atoms with Gasteiger partial charge >= 0.3 is 5.97 Å². The molecule has 0 saturated carbocycles. The summed E-state index contributed by atoms with van der Waals surface area (Å²) in [5.41, 5.74) is 5.48. The minimum absolute atomic E-state index is 0.332. The number of carbonyl (C=O) groups is 1. The fraction of sp³-hybridized carbons (Fsp3) is 0.914. The van der Waals surface area contributed by atoms with Crippen LogP contribution in [0.25, 0.3) is 0 Å². The largest absolute Gasteiger partial charge is 0.481 e. The summed E-state index contributed by atoms with van der Waals surface area (Å²) in [6.07, 6.45) is 38.3. The van der Waals surface area contributed by atoms with E-state index in [-0.39, 0.29) is 0 Å². The molecule has 4 heteroatoms. The Balaban J connectivity index is 0. The van der Waals surface area contributed by atoms with E-state index in [1.165, 1.54) is 148 Å². The first kappa shape index (κ1) is 40.3. The quantitative estimate of drug-likeness (QED) is 0.0612. The van der Waals surface area contributed by atoms with E-state index in [0.717, 1.165) is 25.9 Å². The molecular formula is C35H72N2O2. The molecule has 0 radical (unpaired) electrons. The van der Waals surface area contributed by atoms with Gasteiger partial charge in [-0.1, -0.05) is 148 Å². The molecule has 0 aliphatic heterocycles. The van der Waals surface area contributed by atoms with Gasteiger partial charge in [-0.25, -0.2) is 0 Å². The van der Waals surface area contributed by atoms with Crippen molar-refractivity contribution >= 4 is 5.97 Å². The van der Waals surface area contributed by atoms with E-state index in [0.29, 0.717) is 12.5 Å². The summed E-state index contributed by atoms with van der Waals surface area (Å²) in [7, 11) is 0.